The predicted octanol–water partition coefficient (Wildman–Crippen LogP) is 2.86. The van der Waals surface area contributed by atoms with Gasteiger partial charge in [0, 0.05) is 25.5 Å². The van der Waals surface area contributed by atoms with E-state index in [1.54, 1.807) is 29.3 Å². The molecule has 6 nitrogen and oxygen atoms in total. The first-order valence-electron chi connectivity index (χ1n) is 8.55. The summed E-state index contributed by atoms with van der Waals surface area (Å²) in [6, 6.07) is 9.50. The fourth-order valence-electron chi connectivity index (χ4n) is 2.98. The van der Waals surface area contributed by atoms with Gasteiger partial charge in [0.25, 0.3) is 5.91 Å². The van der Waals surface area contributed by atoms with E-state index in [1.165, 1.54) is 5.01 Å². The topological polar surface area (TPSA) is 69.5 Å². The molecule has 0 unspecified atom stereocenters. The number of aromatic nitrogens is 1. The first-order valence-corrected chi connectivity index (χ1v) is 8.55. The average Bonchev–Trinajstić information content (AvgIpc) is 2.72. The van der Waals surface area contributed by atoms with E-state index < -0.39 is 23.2 Å². The monoisotopic (exact) mass is 390 g/mol. The molecule has 1 amide bonds. The molecule has 1 aliphatic heterocycles. The minimum absolute atomic E-state index is 0.0330. The molecule has 146 valence electrons. The molecule has 3 rings (SSSR count). The normalized spacial score (nSPS) is 15.1. The third-order valence-corrected chi connectivity index (χ3v) is 4.38. The first-order chi connectivity index (χ1) is 13.4. The quantitative estimate of drug-likeness (QED) is 0.803. The standard InChI is InChI=1S/C19H17F3N4O2/c20-19(21,22)17-5-6-24-12-16(17)18(27)26(25-7-9-28-10-8-25)13-15-4-2-1-3-14(15)11-23/h1-6,12H,7-10,13H2. The van der Waals surface area contributed by atoms with Gasteiger partial charge in [-0.2, -0.15) is 18.4 Å². The molecule has 0 bridgehead atoms. The maximum atomic E-state index is 13.4. The molecule has 1 aromatic carbocycles. The highest BCUT2D eigenvalue weighted by molar-refractivity contribution is 5.95. The van der Waals surface area contributed by atoms with Crippen molar-refractivity contribution < 1.29 is 22.7 Å². The molecule has 0 saturated carbocycles. The van der Waals surface area contributed by atoms with Crippen LogP contribution < -0.4 is 0 Å². The molecule has 0 atom stereocenters. The van der Waals surface area contributed by atoms with Crippen molar-refractivity contribution in [1.82, 2.24) is 15.0 Å². The number of halogens is 3. The van der Waals surface area contributed by atoms with Crippen molar-refractivity contribution in [1.29, 1.82) is 5.26 Å². The molecule has 0 spiro atoms. The van der Waals surface area contributed by atoms with Crippen LogP contribution in [0.2, 0.25) is 0 Å². The maximum absolute atomic E-state index is 13.4. The second-order valence-corrected chi connectivity index (χ2v) is 6.12. The van der Waals surface area contributed by atoms with Crippen molar-refractivity contribution in [3.05, 3.63) is 65.0 Å². The van der Waals surface area contributed by atoms with Gasteiger partial charge < -0.3 is 4.74 Å². The van der Waals surface area contributed by atoms with Gasteiger partial charge in [0.2, 0.25) is 0 Å². The van der Waals surface area contributed by atoms with Gasteiger partial charge >= 0.3 is 6.18 Å². The van der Waals surface area contributed by atoms with Crippen LogP contribution in [0.25, 0.3) is 0 Å². The largest absolute Gasteiger partial charge is 0.417 e. The number of amides is 1. The lowest BCUT2D eigenvalue weighted by molar-refractivity contribution is -0.138. The van der Waals surface area contributed by atoms with Crippen molar-refractivity contribution in [3.8, 4) is 6.07 Å². The number of ether oxygens (including phenoxy) is 1. The van der Waals surface area contributed by atoms with E-state index in [1.807, 2.05) is 6.07 Å². The van der Waals surface area contributed by atoms with E-state index >= 15 is 0 Å². The van der Waals surface area contributed by atoms with Crippen molar-refractivity contribution in [2.45, 2.75) is 12.7 Å². The van der Waals surface area contributed by atoms with Crippen LogP contribution in [0.15, 0.2) is 42.7 Å². The Morgan fingerprint density at radius 2 is 1.96 bits per heavy atom. The lowest BCUT2D eigenvalue weighted by atomic mass is 10.1. The van der Waals surface area contributed by atoms with Crippen LogP contribution >= 0.6 is 0 Å². The third kappa shape index (κ3) is 4.30. The molecule has 1 saturated heterocycles. The Hall–Kier alpha value is -2.96. The summed E-state index contributed by atoms with van der Waals surface area (Å²) in [7, 11) is 0. The minimum atomic E-state index is -4.69. The number of alkyl halides is 3. The molecule has 2 heterocycles. The lowest BCUT2D eigenvalue weighted by Crippen LogP contribution is -2.51. The number of carbonyl (C=O) groups excluding carboxylic acids is 1. The molecule has 2 aromatic rings. The van der Waals surface area contributed by atoms with Gasteiger partial charge in [-0.3, -0.25) is 14.8 Å². The van der Waals surface area contributed by atoms with E-state index in [9.17, 15) is 23.2 Å². The van der Waals surface area contributed by atoms with E-state index in [0.717, 1.165) is 18.5 Å². The van der Waals surface area contributed by atoms with Crippen LogP contribution in [0, 0.1) is 11.3 Å². The van der Waals surface area contributed by atoms with Crippen molar-refractivity contribution in [3.63, 3.8) is 0 Å². The Balaban J connectivity index is 2.00. The number of hydrogen-bond acceptors (Lipinski definition) is 5. The number of rotatable bonds is 4. The average molecular weight is 390 g/mol. The highest BCUT2D eigenvalue weighted by atomic mass is 19.4. The van der Waals surface area contributed by atoms with Crippen molar-refractivity contribution >= 4 is 5.91 Å². The number of carbonyl (C=O) groups is 1. The zero-order chi connectivity index (χ0) is 20.1. The molecule has 1 aromatic heterocycles. The van der Waals surface area contributed by atoms with Crippen LogP contribution in [-0.4, -0.2) is 47.2 Å². The zero-order valence-corrected chi connectivity index (χ0v) is 14.8. The third-order valence-electron chi connectivity index (χ3n) is 4.38. The van der Waals surface area contributed by atoms with E-state index in [2.05, 4.69) is 4.98 Å². The molecular formula is C19H17F3N4O2. The maximum Gasteiger partial charge on any atom is 0.417 e. The highest BCUT2D eigenvalue weighted by Crippen LogP contribution is 2.32. The van der Waals surface area contributed by atoms with Crippen molar-refractivity contribution in [2.24, 2.45) is 0 Å². The Labute approximate surface area is 159 Å². The van der Waals surface area contributed by atoms with Gasteiger partial charge in [-0.15, -0.1) is 0 Å². The number of morpholine rings is 1. The van der Waals surface area contributed by atoms with Gasteiger partial charge in [-0.05, 0) is 17.7 Å². The highest BCUT2D eigenvalue weighted by Gasteiger charge is 2.37. The van der Waals surface area contributed by atoms with Gasteiger partial charge in [0.1, 0.15) is 0 Å². The first kappa shape index (κ1) is 19.8. The van der Waals surface area contributed by atoms with Crippen LogP contribution in [0.5, 0.6) is 0 Å². The number of benzene rings is 1. The number of nitrogens with zero attached hydrogens (tertiary/aromatic N) is 4. The van der Waals surface area contributed by atoms with Crippen LogP contribution in [0.4, 0.5) is 13.2 Å². The molecule has 1 fully saturated rings. The second-order valence-electron chi connectivity index (χ2n) is 6.12. The number of hydrogen-bond donors (Lipinski definition) is 0. The SMILES string of the molecule is N#Cc1ccccc1CN(C(=O)c1cnccc1C(F)(F)F)N1CCOCC1. The van der Waals surface area contributed by atoms with Crippen LogP contribution in [0.1, 0.15) is 27.0 Å². The number of pyridine rings is 1. The second kappa shape index (κ2) is 8.37. The summed E-state index contributed by atoms with van der Waals surface area (Å²) in [5.41, 5.74) is -0.673. The molecule has 0 N–H and O–H groups in total. The molecule has 0 aliphatic carbocycles. The summed E-state index contributed by atoms with van der Waals surface area (Å²) in [5, 5.41) is 12.2. The Morgan fingerprint density at radius 1 is 1.25 bits per heavy atom. The van der Waals surface area contributed by atoms with Gasteiger partial charge in [0.05, 0.1) is 42.5 Å². The molecule has 0 radical (unpaired) electrons. The molecular weight excluding hydrogens is 373 g/mol. The van der Waals surface area contributed by atoms with E-state index in [0.29, 0.717) is 37.4 Å². The van der Waals surface area contributed by atoms with Crippen LogP contribution in [-0.2, 0) is 17.5 Å². The molecule has 1 aliphatic rings. The number of nitriles is 1. The van der Waals surface area contributed by atoms with E-state index in [-0.39, 0.29) is 6.54 Å². The summed E-state index contributed by atoms with van der Waals surface area (Å²) >= 11 is 0. The van der Waals surface area contributed by atoms with Gasteiger partial charge in [-0.25, -0.2) is 5.01 Å². The summed E-state index contributed by atoms with van der Waals surface area (Å²) < 4.78 is 45.4. The minimum Gasteiger partial charge on any atom is -0.379 e. The summed E-state index contributed by atoms with van der Waals surface area (Å²) in [5.74, 6) is -0.824. The Bertz CT molecular complexity index is 889. The molecule has 28 heavy (non-hydrogen) atoms. The summed E-state index contributed by atoms with van der Waals surface area (Å²) in [4.78, 5) is 16.8. The smallest absolute Gasteiger partial charge is 0.379 e. The van der Waals surface area contributed by atoms with Crippen molar-refractivity contribution in [2.75, 3.05) is 26.3 Å². The Kier molecular flexibility index (Phi) is 5.92. The lowest BCUT2D eigenvalue weighted by Gasteiger charge is -2.37. The predicted molar refractivity (Wildman–Crippen MR) is 92.7 cm³/mol. The van der Waals surface area contributed by atoms with Crippen LogP contribution in [0.3, 0.4) is 0 Å². The van der Waals surface area contributed by atoms with E-state index in [4.69, 9.17) is 4.74 Å². The van der Waals surface area contributed by atoms with Gasteiger partial charge in [-0.1, -0.05) is 18.2 Å². The molecule has 9 heteroatoms. The summed E-state index contributed by atoms with van der Waals surface area (Å²) in [6.07, 6.45) is -2.76. The number of hydrazine groups is 1. The zero-order valence-electron chi connectivity index (χ0n) is 14.8. The fourth-order valence-corrected chi connectivity index (χ4v) is 2.98. The Morgan fingerprint density at radius 3 is 2.64 bits per heavy atom. The summed E-state index contributed by atoms with van der Waals surface area (Å²) in [6.45, 7) is 1.37. The fraction of sp³-hybridized carbons (Fsp3) is 0.316. The van der Waals surface area contributed by atoms with Gasteiger partial charge in [0.15, 0.2) is 0 Å².